The monoisotopic (exact) mass is 453 g/mol. The molecule has 1 saturated heterocycles. The Balaban J connectivity index is 0.00000341. The maximum Gasteiger partial charge on any atom is 0.307 e. The second-order valence-corrected chi connectivity index (χ2v) is 8.28. The number of ether oxygens (including phenoxy) is 1. The number of benzene rings is 2. The van der Waals surface area contributed by atoms with Crippen LogP contribution in [0.1, 0.15) is 42.0 Å². The number of likely N-dealkylation sites (tertiary alicyclic amines) is 1. The first kappa shape index (κ1) is 25.2. The minimum absolute atomic E-state index is 0. The molecule has 1 atom stereocenters. The summed E-state index contributed by atoms with van der Waals surface area (Å²) >= 11 is 0. The van der Waals surface area contributed by atoms with Crippen molar-refractivity contribution in [3.8, 4) is 0 Å². The van der Waals surface area contributed by atoms with Crippen LogP contribution in [0, 0.1) is 31.4 Å². The standard InChI is InChI=1S/C24H29F2NO3.ClH/c1-16-13-19(25)6-8-21(16)24(3,22-9-7-20(26)14-17(22)2)30-12-11-27-10-4-5-18(15-27)23(28)29;/h6-9,13-14,18H,4-5,10-12,15H2,1-3H3,(H,28,29);1H. The summed E-state index contributed by atoms with van der Waals surface area (Å²) < 4.78 is 33.9. The Morgan fingerprint density at radius 2 is 1.68 bits per heavy atom. The third-order valence-electron chi connectivity index (χ3n) is 6.06. The van der Waals surface area contributed by atoms with Gasteiger partial charge in [-0.25, -0.2) is 8.78 Å². The lowest BCUT2D eigenvalue weighted by molar-refractivity contribution is -0.143. The maximum absolute atomic E-state index is 13.7. The van der Waals surface area contributed by atoms with Gasteiger partial charge in [0, 0.05) is 13.1 Å². The zero-order chi connectivity index (χ0) is 21.9. The highest BCUT2D eigenvalue weighted by Gasteiger charge is 2.34. The van der Waals surface area contributed by atoms with Gasteiger partial charge in [0.15, 0.2) is 0 Å². The smallest absolute Gasteiger partial charge is 0.307 e. The van der Waals surface area contributed by atoms with Gasteiger partial charge in [0.1, 0.15) is 17.2 Å². The van der Waals surface area contributed by atoms with Gasteiger partial charge in [-0.3, -0.25) is 4.79 Å². The van der Waals surface area contributed by atoms with Crippen LogP contribution in [0.5, 0.6) is 0 Å². The summed E-state index contributed by atoms with van der Waals surface area (Å²) in [7, 11) is 0. The van der Waals surface area contributed by atoms with Crippen molar-refractivity contribution in [2.45, 2.75) is 39.2 Å². The third kappa shape index (κ3) is 5.82. The fraction of sp³-hybridized carbons (Fsp3) is 0.458. The molecule has 1 fully saturated rings. The molecule has 0 aliphatic carbocycles. The van der Waals surface area contributed by atoms with Crippen LogP contribution in [-0.2, 0) is 15.1 Å². The number of aryl methyl sites for hydroxylation is 2. The van der Waals surface area contributed by atoms with E-state index in [1.807, 2.05) is 20.8 Å². The molecule has 1 aliphatic heterocycles. The summed E-state index contributed by atoms with van der Waals surface area (Å²) in [5.41, 5.74) is 2.26. The molecule has 2 aromatic rings. The van der Waals surface area contributed by atoms with E-state index in [1.54, 1.807) is 12.1 Å². The number of halogens is 3. The van der Waals surface area contributed by atoms with Crippen molar-refractivity contribution in [3.63, 3.8) is 0 Å². The Hall–Kier alpha value is -2.02. The first-order valence-electron chi connectivity index (χ1n) is 10.3. The Morgan fingerprint density at radius 3 is 2.16 bits per heavy atom. The summed E-state index contributed by atoms with van der Waals surface area (Å²) in [6, 6.07) is 9.19. The van der Waals surface area contributed by atoms with Gasteiger partial charge >= 0.3 is 5.97 Å². The van der Waals surface area contributed by atoms with Gasteiger partial charge < -0.3 is 14.7 Å². The SMILES string of the molecule is Cc1cc(F)ccc1C(C)(OCCN1CCCC(C(=O)O)C1)c1ccc(F)cc1C.Cl. The Morgan fingerprint density at radius 1 is 1.13 bits per heavy atom. The van der Waals surface area contributed by atoms with E-state index in [4.69, 9.17) is 4.74 Å². The molecule has 0 saturated carbocycles. The van der Waals surface area contributed by atoms with Crippen LogP contribution >= 0.6 is 12.4 Å². The third-order valence-corrected chi connectivity index (χ3v) is 6.06. The highest BCUT2D eigenvalue weighted by molar-refractivity contribution is 5.85. The molecule has 0 bridgehead atoms. The Kier molecular flexibility index (Phi) is 8.57. The molecule has 3 rings (SSSR count). The molecule has 7 heteroatoms. The number of carboxylic acids is 1. The minimum atomic E-state index is -0.891. The Bertz CT molecular complexity index is 870. The van der Waals surface area contributed by atoms with E-state index < -0.39 is 11.6 Å². The first-order chi connectivity index (χ1) is 14.2. The lowest BCUT2D eigenvalue weighted by Gasteiger charge is -2.36. The summed E-state index contributed by atoms with van der Waals surface area (Å²) in [5, 5.41) is 9.29. The van der Waals surface area contributed by atoms with Crippen molar-refractivity contribution in [1.82, 2.24) is 4.90 Å². The van der Waals surface area contributed by atoms with E-state index in [2.05, 4.69) is 4.90 Å². The summed E-state index contributed by atoms with van der Waals surface area (Å²) in [6.07, 6.45) is 1.55. The second kappa shape index (κ2) is 10.5. The van der Waals surface area contributed by atoms with Gasteiger partial charge in [-0.05, 0) is 86.7 Å². The predicted molar refractivity (Wildman–Crippen MR) is 119 cm³/mol. The normalized spacial score (nSPS) is 17.3. The second-order valence-electron chi connectivity index (χ2n) is 8.28. The van der Waals surface area contributed by atoms with E-state index in [0.29, 0.717) is 26.1 Å². The first-order valence-corrected chi connectivity index (χ1v) is 10.3. The average Bonchev–Trinajstić information content (AvgIpc) is 2.68. The summed E-state index contributed by atoms with van der Waals surface area (Å²) in [5.74, 6) is -1.73. The molecule has 0 radical (unpaired) electrons. The zero-order valence-electron chi connectivity index (χ0n) is 18.2. The van der Waals surface area contributed by atoms with Crippen molar-refractivity contribution in [1.29, 1.82) is 0 Å². The highest BCUT2D eigenvalue weighted by atomic mass is 35.5. The number of carboxylic acid groups (broad SMARTS) is 1. The van der Waals surface area contributed by atoms with Crippen molar-refractivity contribution >= 4 is 18.4 Å². The molecule has 1 heterocycles. The number of piperidine rings is 1. The number of carbonyl (C=O) groups is 1. The van der Waals surface area contributed by atoms with E-state index in [1.165, 1.54) is 24.3 Å². The molecule has 170 valence electrons. The number of rotatable bonds is 7. The van der Waals surface area contributed by atoms with Gasteiger partial charge in [-0.15, -0.1) is 12.4 Å². The quantitative estimate of drug-likeness (QED) is 0.635. The molecular formula is C24H30ClF2NO3. The predicted octanol–water partition coefficient (Wildman–Crippen LogP) is 5.08. The highest BCUT2D eigenvalue weighted by Crippen LogP contribution is 2.37. The molecule has 31 heavy (non-hydrogen) atoms. The fourth-order valence-electron chi connectivity index (χ4n) is 4.46. The molecule has 0 spiro atoms. The topological polar surface area (TPSA) is 49.8 Å². The Labute approximate surface area is 188 Å². The van der Waals surface area contributed by atoms with Crippen molar-refractivity contribution in [3.05, 3.63) is 70.3 Å². The molecule has 0 amide bonds. The minimum Gasteiger partial charge on any atom is -0.481 e. The van der Waals surface area contributed by atoms with Crippen LogP contribution in [0.4, 0.5) is 8.78 Å². The molecule has 1 unspecified atom stereocenters. The largest absolute Gasteiger partial charge is 0.481 e. The maximum atomic E-state index is 13.7. The molecule has 4 nitrogen and oxygen atoms in total. The number of hydrogen-bond acceptors (Lipinski definition) is 3. The fourth-order valence-corrected chi connectivity index (χ4v) is 4.46. The van der Waals surface area contributed by atoms with E-state index in [-0.39, 0.29) is 30.0 Å². The van der Waals surface area contributed by atoms with Crippen molar-refractivity contribution < 1.29 is 23.4 Å². The molecular weight excluding hydrogens is 424 g/mol. The lowest BCUT2D eigenvalue weighted by atomic mass is 9.83. The van der Waals surface area contributed by atoms with Gasteiger partial charge in [-0.2, -0.15) is 0 Å². The van der Waals surface area contributed by atoms with E-state index >= 15 is 0 Å². The van der Waals surface area contributed by atoms with E-state index in [9.17, 15) is 18.7 Å². The van der Waals surface area contributed by atoms with E-state index in [0.717, 1.165) is 35.2 Å². The molecule has 0 aromatic heterocycles. The number of aliphatic carboxylic acids is 1. The van der Waals surface area contributed by atoms with Crippen molar-refractivity contribution in [2.75, 3.05) is 26.2 Å². The van der Waals surface area contributed by atoms with Gasteiger partial charge in [0.05, 0.1) is 12.5 Å². The average molecular weight is 454 g/mol. The van der Waals surface area contributed by atoms with Crippen LogP contribution in [-0.4, -0.2) is 42.2 Å². The zero-order valence-corrected chi connectivity index (χ0v) is 19.0. The lowest BCUT2D eigenvalue weighted by Crippen LogP contribution is -2.41. The number of hydrogen-bond donors (Lipinski definition) is 1. The van der Waals surface area contributed by atoms with Gasteiger partial charge in [0.25, 0.3) is 0 Å². The van der Waals surface area contributed by atoms with Crippen LogP contribution in [0.3, 0.4) is 0 Å². The van der Waals surface area contributed by atoms with Crippen molar-refractivity contribution in [2.24, 2.45) is 5.92 Å². The van der Waals surface area contributed by atoms with Crippen LogP contribution in [0.15, 0.2) is 36.4 Å². The van der Waals surface area contributed by atoms with Crippen LogP contribution in [0.2, 0.25) is 0 Å². The van der Waals surface area contributed by atoms with Gasteiger partial charge in [0.2, 0.25) is 0 Å². The van der Waals surface area contributed by atoms with Crippen LogP contribution < -0.4 is 0 Å². The van der Waals surface area contributed by atoms with Gasteiger partial charge in [-0.1, -0.05) is 12.1 Å². The summed E-state index contributed by atoms with van der Waals surface area (Å²) in [6.45, 7) is 7.91. The van der Waals surface area contributed by atoms with Crippen LogP contribution in [0.25, 0.3) is 0 Å². The molecule has 1 N–H and O–H groups in total. The summed E-state index contributed by atoms with van der Waals surface area (Å²) in [4.78, 5) is 13.4. The molecule has 2 aromatic carbocycles. The number of nitrogens with zero attached hydrogens (tertiary/aromatic N) is 1. The molecule has 1 aliphatic rings.